The Bertz CT molecular complexity index is 3570. The number of thiocarbonyl (C=S) groups is 2. The molecule has 15 nitrogen and oxygen atoms in total. The zero-order valence-corrected chi connectivity index (χ0v) is 68.7. The Morgan fingerprint density at radius 2 is 0.716 bits per heavy atom. The van der Waals surface area contributed by atoms with E-state index >= 15 is 0 Å². The molecular formula is C92H127Cl2F5N2O13S2. The highest BCUT2D eigenvalue weighted by atomic mass is 35.5. The Balaban J connectivity index is -0.000000323. The Morgan fingerprint density at radius 3 is 0.983 bits per heavy atom. The van der Waals surface area contributed by atoms with Gasteiger partial charge in [-0.25, -0.2) is 22.0 Å². The van der Waals surface area contributed by atoms with E-state index in [-0.39, 0.29) is 155 Å². The van der Waals surface area contributed by atoms with Crippen LogP contribution in [-0.4, -0.2) is 147 Å². The lowest BCUT2D eigenvalue weighted by Gasteiger charge is -2.09. The Kier molecular flexibility index (Phi) is 74.5. The van der Waals surface area contributed by atoms with Gasteiger partial charge in [0.05, 0.1) is 63.9 Å². The summed E-state index contributed by atoms with van der Waals surface area (Å²) in [6.45, 7) is 9.94. The van der Waals surface area contributed by atoms with Crippen molar-refractivity contribution in [1.29, 1.82) is 0 Å². The molecule has 116 heavy (non-hydrogen) atoms. The molecule has 8 aromatic carbocycles. The number of halogens is 7. The molecule has 0 aliphatic heterocycles. The zero-order chi connectivity index (χ0) is 84.2. The molecule has 0 amide bonds. The van der Waals surface area contributed by atoms with Gasteiger partial charge in [-0.2, -0.15) is 0 Å². The van der Waals surface area contributed by atoms with Gasteiger partial charge in [0.1, 0.15) is 44.9 Å². The van der Waals surface area contributed by atoms with Crippen molar-refractivity contribution in [3.05, 3.63) is 252 Å². The summed E-state index contributed by atoms with van der Waals surface area (Å²) in [5.41, 5.74) is 14.7. The van der Waals surface area contributed by atoms with E-state index in [0.717, 1.165) is 50.9 Å². The number of hydrogen-bond donors (Lipinski definition) is 4. The van der Waals surface area contributed by atoms with Crippen molar-refractivity contribution < 1.29 is 105 Å². The number of hydrogen-bond acceptors (Lipinski definition) is 15. The summed E-state index contributed by atoms with van der Waals surface area (Å²) < 4.78 is 100. The van der Waals surface area contributed by atoms with E-state index in [0.29, 0.717) is 62.7 Å². The van der Waals surface area contributed by atoms with Crippen molar-refractivity contribution in [1.82, 2.24) is 5.32 Å². The molecule has 6 atom stereocenters. The highest BCUT2D eigenvalue weighted by Gasteiger charge is 2.17. The molecule has 8 rings (SSSR count). The van der Waals surface area contributed by atoms with E-state index in [2.05, 4.69) is 41.4 Å². The van der Waals surface area contributed by atoms with Gasteiger partial charge in [-0.1, -0.05) is 320 Å². The van der Waals surface area contributed by atoms with Gasteiger partial charge in [0.2, 0.25) is 0 Å². The Labute approximate surface area is 714 Å². The number of alkyl halides is 5. The van der Waals surface area contributed by atoms with Crippen molar-refractivity contribution >= 4 is 83.5 Å². The van der Waals surface area contributed by atoms with Crippen LogP contribution in [0.2, 0.25) is 0 Å². The maximum Gasteiger partial charge on any atom is 0.306 e. The molecule has 6 unspecified atom stereocenters. The summed E-state index contributed by atoms with van der Waals surface area (Å²) in [5, 5.41) is 19.7. The van der Waals surface area contributed by atoms with Gasteiger partial charge in [0.15, 0.2) is 29.7 Å². The minimum atomic E-state index is -1.33. The van der Waals surface area contributed by atoms with E-state index in [1.54, 1.807) is 57.2 Å². The lowest BCUT2D eigenvalue weighted by Crippen LogP contribution is -3.00. The number of esters is 3. The number of Topliss-reactive ketones (excluding diaryl/α,β-unsaturated/α-hetero) is 3. The van der Waals surface area contributed by atoms with Gasteiger partial charge < -0.3 is 57.4 Å². The molecule has 0 fully saturated rings. The number of ketones is 3. The molecule has 0 saturated carbocycles. The van der Waals surface area contributed by atoms with Crippen molar-refractivity contribution in [2.75, 3.05) is 52.7 Å². The second-order valence-corrected chi connectivity index (χ2v) is 24.2. The second kappa shape index (κ2) is 76.2. The number of ether oxygens (including phenoxy) is 5. The average molecular weight is 1700 g/mol. The number of aliphatic hydroxyl groups is 2. The van der Waals surface area contributed by atoms with Crippen LogP contribution >= 0.6 is 36.8 Å². The SMILES string of the molecule is C.C.C.C=S.CCC(F)CO.CCC(F)COC(=O)CCC(=O)c1ccc(-c2ccccc2)cc1.CCC(F)COCc1ccccc1.CCC(O)COCc1ccccc1.Cl.O=C(CCC(=O)c1ccc(-c2ccccc2)cc1)OCC(F)CNC=S.[2H]CC.[3H]C.[Cl-].[NH3+]CC(F)COC(=O)CCC(=O)c1ccc(-c2ccccc2)cc1. The Morgan fingerprint density at radius 1 is 0.448 bits per heavy atom. The predicted molar refractivity (Wildman–Crippen MR) is 470 cm³/mol. The molecule has 0 aromatic heterocycles. The third-order valence-corrected chi connectivity index (χ3v) is 15.6. The fourth-order valence-corrected chi connectivity index (χ4v) is 8.95. The normalized spacial score (nSPS) is 11.3. The second-order valence-electron chi connectivity index (χ2n) is 23.9. The van der Waals surface area contributed by atoms with Gasteiger partial charge in [-0.3, -0.25) is 28.8 Å². The summed E-state index contributed by atoms with van der Waals surface area (Å²) >= 11 is 8.34. The first-order chi connectivity index (χ1) is 54.7. The van der Waals surface area contributed by atoms with Gasteiger partial charge in [-0.15, -0.1) is 12.4 Å². The number of benzene rings is 8. The summed E-state index contributed by atoms with van der Waals surface area (Å²) in [4.78, 5) is 71.0. The van der Waals surface area contributed by atoms with Crippen molar-refractivity contribution in [2.24, 2.45) is 0 Å². The zero-order valence-electron chi connectivity index (χ0n) is 67.5. The monoisotopic (exact) mass is 1700 g/mol. The van der Waals surface area contributed by atoms with E-state index in [1.165, 1.54) is 12.9 Å². The molecule has 24 heteroatoms. The van der Waals surface area contributed by atoms with Crippen LogP contribution in [0.1, 0.15) is 180 Å². The first-order valence-corrected chi connectivity index (χ1v) is 37.5. The van der Waals surface area contributed by atoms with Crippen LogP contribution in [0.4, 0.5) is 22.0 Å². The maximum atomic E-state index is 13.3. The minimum Gasteiger partial charge on any atom is -1.00 e. The lowest BCUT2D eigenvalue weighted by atomic mass is 10.0. The average Bonchev–Trinajstić information content (AvgIpc) is 0.865. The van der Waals surface area contributed by atoms with Crippen LogP contribution in [-0.2, 0) is 51.3 Å². The Hall–Kier alpha value is -8.81. The quantitative estimate of drug-likeness (QED) is 0.00927. The predicted octanol–water partition coefficient (Wildman–Crippen LogP) is 18.1. The van der Waals surface area contributed by atoms with Gasteiger partial charge >= 0.3 is 17.9 Å². The van der Waals surface area contributed by atoms with Crippen molar-refractivity contribution in [3.8, 4) is 33.4 Å². The van der Waals surface area contributed by atoms with Crippen molar-refractivity contribution in [3.63, 3.8) is 0 Å². The molecule has 0 saturated heterocycles. The minimum absolute atomic E-state index is 0. The first kappa shape index (κ1) is 114. The molecule has 0 aliphatic rings. The molecular weight excluding hydrogens is 1570 g/mol. The number of carbonyl (C=O) groups is 6. The van der Waals surface area contributed by atoms with Crippen LogP contribution in [0, 0.1) is 0 Å². The van der Waals surface area contributed by atoms with E-state index in [9.17, 15) is 55.8 Å². The van der Waals surface area contributed by atoms with Crippen LogP contribution < -0.4 is 23.5 Å². The molecule has 644 valence electrons. The van der Waals surface area contributed by atoms with Crippen LogP contribution in [0.25, 0.3) is 33.4 Å². The smallest absolute Gasteiger partial charge is 0.306 e. The molecule has 0 bridgehead atoms. The van der Waals surface area contributed by atoms with Gasteiger partial charge in [-0.05, 0) is 76.1 Å². The number of rotatable bonds is 38. The number of quaternary nitrogens is 1. The topological polar surface area (TPSA) is 229 Å². The largest absolute Gasteiger partial charge is 1.00 e. The summed E-state index contributed by atoms with van der Waals surface area (Å²) in [6, 6.07) is 71.1. The van der Waals surface area contributed by atoms with E-state index < -0.39 is 48.8 Å². The molecule has 0 heterocycles. The fraction of sp³-hybridized carbons (Fsp3) is 0.391. The number of carbonyl (C=O) groups excluding carboxylic acids is 6. The summed E-state index contributed by atoms with van der Waals surface area (Å²) in [6.07, 6.45) is -3.94. The van der Waals surface area contributed by atoms with Crippen LogP contribution in [0.3, 0.4) is 0 Å². The molecule has 0 radical (unpaired) electrons. The highest BCUT2D eigenvalue weighted by Crippen LogP contribution is 2.23. The van der Waals surface area contributed by atoms with Crippen molar-refractivity contribution in [2.45, 2.75) is 186 Å². The molecule has 6 N–H and O–H groups in total. The molecule has 0 spiro atoms. The third kappa shape index (κ3) is 55.7. The standard InChI is InChI=1S/C20H20FNO3S.C20H21FO3.C19H20FNO3.C11H15FO.C11H16O2.C4H9FO.C2H6.CH2S.4CH4.2ClH/c21-18(12-22-14-26)13-25-20(24)11-10-19(23)17-8-6-16(7-9-17)15-4-2-1-3-5-15;1-2-18(21)14-24-20(23)13-12-19(22)17-10-8-16(9-11-17)15-6-4-3-5-7-15;20-17(12-21)13-24-19(23)11-10-18(22)16-8-6-15(7-9-16)14-4-2-1-3-5-14;2*1-2-11(12)9-13-8-10-6-4-3-5-7-10;1-2-4(5)3-6;2*1-2;;;;;;/h1-9,14,18H,10-13H2,(H,22,26);3-11,18H,2,12-14H2,1H3;1-9,17H,10-13,21H2;3-7,11H,2,8-9H2,1H3;3-7,11-12H,2,8-9H2,1H3;4,6H,2-3H2,1H3;1-2H3;1H2;4*1H4;2*1H/i;;;;;;1D;;1T;;;;;. The lowest BCUT2D eigenvalue weighted by molar-refractivity contribution is -0.380. The third-order valence-electron chi connectivity index (χ3n) is 15.5. The summed E-state index contributed by atoms with van der Waals surface area (Å²) in [5.74, 6) is 0.713. The highest BCUT2D eigenvalue weighted by molar-refractivity contribution is 7.78. The van der Waals surface area contributed by atoms with Crippen LogP contribution in [0.5, 0.6) is 0 Å². The fourth-order valence-electron chi connectivity index (χ4n) is 8.85. The summed E-state index contributed by atoms with van der Waals surface area (Å²) in [7, 11) is 1.25. The van der Waals surface area contributed by atoms with Gasteiger partial charge in [0, 0.05) is 45.2 Å². The van der Waals surface area contributed by atoms with Gasteiger partial charge in [0.25, 0.3) is 0 Å². The number of aliphatic hydroxyl groups excluding tert-OH is 2. The first-order valence-electron chi connectivity index (χ1n) is 38.2. The molecule has 8 aromatic rings. The number of nitrogens with one attached hydrogen (secondary N) is 1. The molecule has 0 aliphatic carbocycles. The maximum absolute atomic E-state index is 13.3. The van der Waals surface area contributed by atoms with E-state index in [4.69, 9.17) is 31.5 Å². The van der Waals surface area contributed by atoms with E-state index in [1.807, 2.05) is 202 Å². The van der Waals surface area contributed by atoms with Crippen LogP contribution in [0.15, 0.2) is 224 Å².